The van der Waals surface area contributed by atoms with Gasteiger partial charge in [0.1, 0.15) is 11.9 Å². The summed E-state index contributed by atoms with van der Waals surface area (Å²) in [6, 6.07) is 7.45. The average Bonchev–Trinajstić information content (AvgIpc) is 3.01. The number of rotatable bonds is 3. The molecule has 3 rings (SSSR count). The molecule has 1 atom stereocenters. The number of morpholine rings is 1. The van der Waals surface area contributed by atoms with Gasteiger partial charge in [-0.05, 0) is 19.1 Å². The number of nitrogens with zero attached hydrogens (tertiary/aromatic N) is 4. The van der Waals surface area contributed by atoms with Crippen molar-refractivity contribution in [2.24, 2.45) is 0 Å². The van der Waals surface area contributed by atoms with Gasteiger partial charge in [0.15, 0.2) is 0 Å². The molecule has 2 aromatic rings. The summed E-state index contributed by atoms with van der Waals surface area (Å²) in [5, 5.41) is 3.77. The van der Waals surface area contributed by atoms with Gasteiger partial charge in [-0.15, -0.1) is 0 Å². The van der Waals surface area contributed by atoms with E-state index in [0.717, 1.165) is 11.5 Å². The van der Waals surface area contributed by atoms with Crippen LogP contribution in [0.25, 0.3) is 0 Å². The van der Waals surface area contributed by atoms with Gasteiger partial charge >= 0.3 is 0 Å². The number of carbonyl (C=O) groups excluding carboxylic acids is 1. The molecule has 0 radical (unpaired) electrons. The molecule has 3 heterocycles. The molecule has 7 nitrogen and oxygen atoms in total. The van der Waals surface area contributed by atoms with Crippen molar-refractivity contribution in [2.75, 3.05) is 38.7 Å². The maximum absolute atomic E-state index is 12.5. The van der Waals surface area contributed by atoms with Crippen molar-refractivity contribution < 1.29 is 14.1 Å². The van der Waals surface area contributed by atoms with Crippen LogP contribution >= 0.6 is 0 Å². The second-order valence-electron chi connectivity index (χ2n) is 5.76. The van der Waals surface area contributed by atoms with Crippen molar-refractivity contribution in [1.82, 2.24) is 15.0 Å². The Bertz CT molecular complexity index is 698. The minimum Gasteiger partial charge on any atom is -0.368 e. The number of aryl methyl sites for hydroxylation is 1. The fourth-order valence-corrected chi connectivity index (χ4v) is 2.50. The Hall–Kier alpha value is -2.41. The van der Waals surface area contributed by atoms with Crippen molar-refractivity contribution in [2.45, 2.75) is 13.0 Å². The van der Waals surface area contributed by atoms with E-state index < -0.39 is 0 Å². The van der Waals surface area contributed by atoms with Crippen LogP contribution in [0.5, 0.6) is 0 Å². The minimum absolute atomic E-state index is 0.164. The van der Waals surface area contributed by atoms with Crippen LogP contribution in [0.3, 0.4) is 0 Å². The van der Waals surface area contributed by atoms with Crippen molar-refractivity contribution in [3.05, 3.63) is 41.4 Å². The fraction of sp³-hybridized carbons (Fsp3) is 0.438. The van der Waals surface area contributed by atoms with Crippen molar-refractivity contribution in [1.29, 1.82) is 0 Å². The summed E-state index contributed by atoms with van der Waals surface area (Å²) >= 11 is 0. The van der Waals surface area contributed by atoms with E-state index in [2.05, 4.69) is 10.1 Å². The highest BCUT2D eigenvalue weighted by Crippen LogP contribution is 2.23. The van der Waals surface area contributed by atoms with Crippen LogP contribution < -0.4 is 4.90 Å². The molecule has 0 saturated carbocycles. The van der Waals surface area contributed by atoms with E-state index >= 15 is 0 Å². The van der Waals surface area contributed by atoms with E-state index in [1.165, 1.54) is 0 Å². The summed E-state index contributed by atoms with van der Waals surface area (Å²) in [7, 11) is 3.88. The Kier molecular flexibility index (Phi) is 4.29. The third-order valence-corrected chi connectivity index (χ3v) is 3.74. The first-order valence-electron chi connectivity index (χ1n) is 7.53. The number of carbonyl (C=O) groups is 1. The second kappa shape index (κ2) is 6.37. The highest BCUT2D eigenvalue weighted by atomic mass is 16.5. The number of ether oxygens (including phenoxy) is 1. The topological polar surface area (TPSA) is 71.7 Å². The minimum atomic E-state index is -0.239. The van der Waals surface area contributed by atoms with Gasteiger partial charge in [-0.2, -0.15) is 0 Å². The smallest absolute Gasteiger partial charge is 0.292 e. The monoisotopic (exact) mass is 316 g/mol. The summed E-state index contributed by atoms with van der Waals surface area (Å²) < 4.78 is 10.9. The second-order valence-corrected chi connectivity index (χ2v) is 5.76. The first-order valence-corrected chi connectivity index (χ1v) is 7.53. The Labute approximate surface area is 134 Å². The Morgan fingerprint density at radius 3 is 2.91 bits per heavy atom. The molecule has 0 N–H and O–H groups in total. The van der Waals surface area contributed by atoms with Gasteiger partial charge in [-0.25, -0.2) is 4.98 Å². The van der Waals surface area contributed by atoms with Gasteiger partial charge in [0.25, 0.3) is 5.91 Å². The molecule has 2 aromatic heterocycles. The zero-order chi connectivity index (χ0) is 16.4. The van der Waals surface area contributed by atoms with Crippen LogP contribution in [-0.4, -0.2) is 54.7 Å². The quantitative estimate of drug-likeness (QED) is 0.857. The van der Waals surface area contributed by atoms with Gasteiger partial charge < -0.3 is 19.1 Å². The lowest BCUT2D eigenvalue weighted by Gasteiger charge is -2.32. The SMILES string of the molecule is Cc1cc(C(=O)N2CCO[C@H](c3cccc(N(C)C)n3)C2)on1. The van der Waals surface area contributed by atoms with E-state index in [9.17, 15) is 4.79 Å². The lowest BCUT2D eigenvalue weighted by atomic mass is 10.1. The molecule has 0 bridgehead atoms. The zero-order valence-electron chi connectivity index (χ0n) is 13.5. The molecule has 7 heteroatoms. The lowest BCUT2D eigenvalue weighted by Crippen LogP contribution is -2.42. The van der Waals surface area contributed by atoms with E-state index in [-0.39, 0.29) is 17.8 Å². The van der Waals surface area contributed by atoms with Gasteiger partial charge in [0, 0.05) is 26.7 Å². The molecule has 0 aliphatic carbocycles. The summed E-state index contributed by atoms with van der Waals surface area (Å²) in [6.45, 7) is 3.24. The summed E-state index contributed by atoms with van der Waals surface area (Å²) in [6.07, 6.45) is -0.239. The molecule has 1 amide bonds. The van der Waals surface area contributed by atoms with Crippen LogP contribution in [0.15, 0.2) is 28.8 Å². The van der Waals surface area contributed by atoms with Crippen LogP contribution in [0.4, 0.5) is 5.82 Å². The molecular formula is C16H20N4O3. The first kappa shape index (κ1) is 15.5. The number of anilines is 1. The molecule has 1 aliphatic rings. The van der Waals surface area contributed by atoms with Gasteiger partial charge in [-0.1, -0.05) is 11.2 Å². The Morgan fingerprint density at radius 2 is 2.22 bits per heavy atom. The molecule has 122 valence electrons. The van der Waals surface area contributed by atoms with E-state index in [1.807, 2.05) is 37.2 Å². The maximum atomic E-state index is 12.5. The third kappa shape index (κ3) is 3.34. The van der Waals surface area contributed by atoms with Crippen molar-refractivity contribution >= 4 is 11.7 Å². The molecule has 1 aliphatic heterocycles. The Balaban J connectivity index is 1.75. The third-order valence-electron chi connectivity index (χ3n) is 3.74. The van der Waals surface area contributed by atoms with E-state index in [4.69, 9.17) is 9.26 Å². The molecule has 0 spiro atoms. The highest BCUT2D eigenvalue weighted by molar-refractivity contribution is 5.91. The number of aromatic nitrogens is 2. The van der Waals surface area contributed by atoms with Crippen molar-refractivity contribution in [3.63, 3.8) is 0 Å². The van der Waals surface area contributed by atoms with Crippen LogP contribution in [0, 0.1) is 6.92 Å². The summed E-state index contributed by atoms with van der Waals surface area (Å²) in [5.41, 5.74) is 1.51. The van der Waals surface area contributed by atoms with E-state index in [1.54, 1.807) is 17.9 Å². The fourth-order valence-electron chi connectivity index (χ4n) is 2.50. The highest BCUT2D eigenvalue weighted by Gasteiger charge is 2.29. The predicted octanol–water partition coefficient (Wildman–Crippen LogP) is 1.66. The van der Waals surface area contributed by atoms with Gasteiger partial charge in [0.05, 0.1) is 24.5 Å². The van der Waals surface area contributed by atoms with Crippen LogP contribution in [-0.2, 0) is 4.74 Å². The predicted molar refractivity (Wildman–Crippen MR) is 84.4 cm³/mol. The molecule has 23 heavy (non-hydrogen) atoms. The van der Waals surface area contributed by atoms with Gasteiger partial charge in [0.2, 0.25) is 5.76 Å². The summed E-state index contributed by atoms with van der Waals surface area (Å²) in [5.74, 6) is 0.959. The van der Waals surface area contributed by atoms with Gasteiger partial charge in [-0.3, -0.25) is 4.79 Å². The van der Waals surface area contributed by atoms with Crippen LogP contribution in [0.1, 0.15) is 28.0 Å². The number of pyridine rings is 1. The average molecular weight is 316 g/mol. The Morgan fingerprint density at radius 1 is 1.39 bits per heavy atom. The number of hydrogen-bond donors (Lipinski definition) is 0. The first-order chi connectivity index (χ1) is 11.0. The van der Waals surface area contributed by atoms with Crippen LogP contribution in [0.2, 0.25) is 0 Å². The zero-order valence-corrected chi connectivity index (χ0v) is 13.5. The number of amides is 1. The molecule has 1 fully saturated rings. The molecule has 0 unspecified atom stereocenters. The molecule has 0 aromatic carbocycles. The number of hydrogen-bond acceptors (Lipinski definition) is 6. The standard InChI is InChI=1S/C16H20N4O3/c1-11-9-13(23-18-11)16(21)20-7-8-22-14(10-20)12-5-4-6-15(17-12)19(2)3/h4-6,9,14H,7-8,10H2,1-3H3/t14-/m0/s1. The summed E-state index contributed by atoms with van der Waals surface area (Å²) in [4.78, 5) is 20.7. The van der Waals surface area contributed by atoms with Crippen molar-refractivity contribution in [3.8, 4) is 0 Å². The maximum Gasteiger partial charge on any atom is 0.292 e. The molecule has 1 saturated heterocycles. The molecular weight excluding hydrogens is 296 g/mol. The van der Waals surface area contributed by atoms with E-state index in [0.29, 0.717) is 25.4 Å². The lowest BCUT2D eigenvalue weighted by molar-refractivity contribution is -0.0258. The largest absolute Gasteiger partial charge is 0.368 e. The normalized spacial score (nSPS) is 18.0.